The Morgan fingerprint density at radius 3 is 2.14 bits per heavy atom. The SMILES string of the molecule is CC(=O)CCC(=O)N[C@@H](Cc1ccccc1)C(=O)N1[C@H]([C@H](C(=O)NC(C)(C)C)N2CCC[C@H]2C(=O)NCC(=O)N[C@H](C)CC(C)C)[C@H]1CC(C)C. The van der Waals surface area contributed by atoms with E-state index in [0.29, 0.717) is 31.7 Å². The van der Waals surface area contributed by atoms with Crippen molar-refractivity contribution in [1.82, 2.24) is 31.1 Å². The number of carbonyl (C=O) groups excluding carboxylic acids is 6. The van der Waals surface area contributed by atoms with Crippen molar-refractivity contribution in [2.75, 3.05) is 13.1 Å². The van der Waals surface area contributed by atoms with Crippen LogP contribution in [-0.2, 0) is 35.2 Å². The largest absolute Gasteiger partial charge is 0.352 e. The number of nitrogens with zero attached hydrogens (tertiary/aromatic N) is 2. The van der Waals surface area contributed by atoms with Gasteiger partial charge in [0.1, 0.15) is 17.9 Å². The Morgan fingerprint density at radius 2 is 1.55 bits per heavy atom. The standard InChI is InChI=1S/C39H62N6O6/c1-24(2)20-26(5)41-33(48)23-40-36(49)30-16-13-19-44(30)35(37(50)43-39(7,8)9)34-31(21-25(3)4)45(34)38(51)29(22-28-14-11-10-12-15-28)42-32(47)18-17-27(6)46/h10-12,14-15,24-26,29-31,34-35H,13,16-23H2,1-9H3,(H,40,49)(H,41,48)(H,42,47)(H,43,50)/t26-,29+,30+,31-,34+,35-,45?/m1/s1. The zero-order valence-electron chi connectivity index (χ0n) is 32.2. The number of amides is 5. The van der Waals surface area contributed by atoms with Crippen LogP contribution in [0.1, 0.15) is 106 Å². The van der Waals surface area contributed by atoms with E-state index >= 15 is 0 Å². The van der Waals surface area contributed by atoms with Gasteiger partial charge in [-0.25, -0.2) is 0 Å². The molecule has 4 N–H and O–H groups in total. The van der Waals surface area contributed by atoms with Crippen molar-refractivity contribution < 1.29 is 28.8 Å². The lowest BCUT2D eigenvalue weighted by molar-refractivity contribution is -0.135. The van der Waals surface area contributed by atoms with Crippen molar-refractivity contribution in [1.29, 1.82) is 0 Å². The molecule has 2 aliphatic heterocycles. The smallest absolute Gasteiger partial charge is 0.246 e. The van der Waals surface area contributed by atoms with Gasteiger partial charge in [-0.1, -0.05) is 58.0 Å². The molecule has 12 nitrogen and oxygen atoms in total. The molecule has 1 aromatic carbocycles. The molecule has 0 bridgehead atoms. The van der Waals surface area contributed by atoms with Gasteiger partial charge in [0.2, 0.25) is 29.5 Å². The third-order valence-corrected chi connectivity index (χ3v) is 9.27. The molecule has 2 saturated heterocycles. The van der Waals surface area contributed by atoms with Gasteiger partial charge in [0.05, 0.1) is 24.7 Å². The monoisotopic (exact) mass is 710 g/mol. The highest BCUT2D eigenvalue weighted by Gasteiger charge is 2.60. The van der Waals surface area contributed by atoms with E-state index in [-0.39, 0.29) is 79.1 Å². The highest BCUT2D eigenvalue weighted by Crippen LogP contribution is 2.41. The van der Waals surface area contributed by atoms with Crippen molar-refractivity contribution in [2.24, 2.45) is 11.8 Å². The number of nitrogens with one attached hydrogen (secondary N) is 4. The molecule has 51 heavy (non-hydrogen) atoms. The molecular weight excluding hydrogens is 648 g/mol. The second kappa shape index (κ2) is 18.6. The molecule has 2 heterocycles. The molecule has 2 aliphatic rings. The first-order valence-corrected chi connectivity index (χ1v) is 18.7. The average molecular weight is 711 g/mol. The Bertz CT molecular complexity index is 1380. The summed E-state index contributed by atoms with van der Waals surface area (Å²) < 4.78 is 0. The summed E-state index contributed by atoms with van der Waals surface area (Å²) >= 11 is 0. The minimum Gasteiger partial charge on any atom is -0.352 e. The van der Waals surface area contributed by atoms with Crippen LogP contribution in [0.25, 0.3) is 0 Å². The maximum atomic E-state index is 14.5. The number of hydrogen-bond donors (Lipinski definition) is 4. The normalized spacial score (nSPS) is 20.8. The fraction of sp³-hybridized carbons (Fsp3) is 0.692. The summed E-state index contributed by atoms with van der Waals surface area (Å²) in [6.45, 7) is 17.6. The molecule has 284 valence electrons. The van der Waals surface area contributed by atoms with Gasteiger partial charge in [-0.2, -0.15) is 0 Å². The molecule has 5 amide bonds. The average Bonchev–Trinajstić information content (AvgIpc) is 3.46. The summed E-state index contributed by atoms with van der Waals surface area (Å²) in [5.74, 6) is -1.05. The van der Waals surface area contributed by atoms with Crippen LogP contribution in [-0.4, -0.2) is 100.0 Å². The van der Waals surface area contributed by atoms with E-state index in [1.54, 1.807) is 4.90 Å². The van der Waals surface area contributed by atoms with Crippen molar-refractivity contribution in [3.05, 3.63) is 35.9 Å². The molecule has 1 aromatic rings. The van der Waals surface area contributed by atoms with Crippen LogP contribution in [0, 0.1) is 11.8 Å². The number of likely N-dealkylation sites (tertiary alicyclic amines) is 1. The van der Waals surface area contributed by atoms with Crippen LogP contribution in [0.3, 0.4) is 0 Å². The van der Waals surface area contributed by atoms with Gasteiger partial charge in [0.25, 0.3) is 0 Å². The summed E-state index contributed by atoms with van der Waals surface area (Å²) in [4.78, 5) is 83.4. The Labute approximate surface area is 304 Å². The minimum absolute atomic E-state index is 0.0243. The lowest BCUT2D eigenvalue weighted by Crippen LogP contribution is -2.59. The van der Waals surface area contributed by atoms with E-state index in [4.69, 9.17) is 0 Å². The summed E-state index contributed by atoms with van der Waals surface area (Å²) in [7, 11) is 0. The summed E-state index contributed by atoms with van der Waals surface area (Å²) in [6.07, 6.45) is 2.93. The molecule has 0 aromatic heterocycles. The summed E-state index contributed by atoms with van der Waals surface area (Å²) in [5, 5.41) is 11.7. The maximum absolute atomic E-state index is 14.5. The predicted molar refractivity (Wildman–Crippen MR) is 197 cm³/mol. The van der Waals surface area contributed by atoms with Crippen molar-refractivity contribution in [3.8, 4) is 0 Å². The van der Waals surface area contributed by atoms with Gasteiger partial charge in [-0.3, -0.25) is 28.9 Å². The molecule has 0 spiro atoms. The van der Waals surface area contributed by atoms with E-state index in [0.717, 1.165) is 12.0 Å². The van der Waals surface area contributed by atoms with Gasteiger partial charge in [-0.15, -0.1) is 0 Å². The van der Waals surface area contributed by atoms with Crippen LogP contribution < -0.4 is 21.3 Å². The molecule has 2 fully saturated rings. The van der Waals surface area contributed by atoms with Gasteiger partial charge in [0.15, 0.2) is 0 Å². The number of benzene rings is 1. The maximum Gasteiger partial charge on any atom is 0.246 e. The van der Waals surface area contributed by atoms with Gasteiger partial charge >= 0.3 is 0 Å². The summed E-state index contributed by atoms with van der Waals surface area (Å²) in [6, 6.07) is 6.15. The van der Waals surface area contributed by atoms with Crippen LogP contribution in [0.2, 0.25) is 0 Å². The van der Waals surface area contributed by atoms with Crippen molar-refractivity contribution >= 4 is 35.3 Å². The molecule has 3 rings (SSSR count). The lowest BCUT2D eigenvalue weighted by Gasteiger charge is -2.34. The van der Waals surface area contributed by atoms with Crippen LogP contribution in [0.4, 0.5) is 0 Å². The van der Waals surface area contributed by atoms with Gasteiger partial charge < -0.3 is 31.0 Å². The molecular formula is C39H62N6O6. The highest BCUT2D eigenvalue weighted by atomic mass is 16.2. The van der Waals surface area contributed by atoms with Gasteiger partial charge in [-0.05, 0) is 84.2 Å². The number of ketones is 1. The topological polar surface area (TPSA) is 157 Å². The van der Waals surface area contributed by atoms with E-state index < -0.39 is 29.7 Å². The van der Waals surface area contributed by atoms with Crippen LogP contribution >= 0.6 is 0 Å². The molecule has 0 radical (unpaired) electrons. The summed E-state index contributed by atoms with van der Waals surface area (Å²) in [5.41, 5.74) is 0.289. The van der Waals surface area contributed by atoms with E-state index in [9.17, 15) is 28.8 Å². The molecule has 0 unspecified atom stereocenters. The minimum atomic E-state index is -0.910. The Morgan fingerprint density at radius 1 is 0.882 bits per heavy atom. The molecule has 0 aliphatic carbocycles. The highest BCUT2D eigenvalue weighted by molar-refractivity contribution is 5.94. The Balaban J connectivity index is 1.91. The number of rotatable bonds is 18. The van der Waals surface area contributed by atoms with Gasteiger partial charge in [0, 0.05) is 30.8 Å². The second-order valence-corrected chi connectivity index (χ2v) is 16.3. The van der Waals surface area contributed by atoms with E-state index in [1.165, 1.54) is 6.92 Å². The quantitative estimate of drug-likeness (QED) is 0.171. The lowest BCUT2D eigenvalue weighted by atomic mass is 9.99. The van der Waals surface area contributed by atoms with Crippen LogP contribution in [0.15, 0.2) is 30.3 Å². The Kier molecular flexibility index (Phi) is 15.2. The number of carbonyl (C=O) groups is 6. The number of Topliss-reactive ketones (excluding diaryl/α,β-unsaturated/α-hetero) is 1. The third kappa shape index (κ3) is 13.0. The fourth-order valence-corrected chi connectivity index (χ4v) is 7.22. The zero-order valence-corrected chi connectivity index (χ0v) is 32.2. The van der Waals surface area contributed by atoms with Crippen LogP contribution in [0.5, 0.6) is 0 Å². The molecule has 12 heteroatoms. The third-order valence-electron chi connectivity index (χ3n) is 9.27. The second-order valence-electron chi connectivity index (χ2n) is 16.3. The first kappa shape index (κ1) is 41.6. The number of hydrogen-bond acceptors (Lipinski definition) is 7. The van der Waals surface area contributed by atoms with Crippen molar-refractivity contribution in [3.63, 3.8) is 0 Å². The first-order valence-electron chi connectivity index (χ1n) is 18.7. The first-order chi connectivity index (χ1) is 23.9. The fourth-order valence-electron chi connectivity index (χ4n) is 7.22. The zero-order chi connectivity index (χ0) is 38.0. The molecule has 6 atom stereocenters. The van der Waals surface area contributed by atoms with E-state index in [1.807, 2.05) is 62.9 Å². The molecule has 0 saturated carbocycles. The predicted octanol–water partition coefficient (Wildman–Crippen LogP) is 3.12. The van der Waals surface area contributed by atoms with Crippen molar-refractivity contribution in [2.45, 2.75) is 149 Å². The van der Waals surface area contributed by atoms with E-state index in [2.05, 4.69) is 49.0 Å². The Hall–Kier alpha value is -3.80.